The molecule has 0 N–H and O–H groups in total. The largest absolute Gasteiger partial charge is 0.487 e. The van der Waals surface area contributed by atoms with E-state index in [1.807, 2.05) is 38.1 Å². The summed E-state index contributed by atoms with van der Waals surface area (Å²) in [6.45, 7) is 13.5. The summed E-state index contributed by atoms with van der Waals surface area (Å²) in [5.74, 6) is 1.24. The average Bonchev–Trinajstić information content (AvgIpc) is 2.81. The molecular weight excluding hydrogens is 490 g/mol. The number of rotatable bonds is 10. The SMILES string of the molecule is CC(=CC(=O)OCC[Si](C)(C)C)c1cc(C)c(Oc2ccc(OCc3ccc(C)cc3)cn2)c(Cl)c1. The molecule has 0 aliphatic heterocycles. The molecule has 7 heteroatoms. The number of halogens is 1. The zero-order valence-electron chi connectivity index (χ0n) is 21.9. The van der Waals surface area contributed by atoms with Crippen LogP contribution in [0.2, 0.25) is 30.7 Å². The van der Waals surface area contributed by atoms with Gasteiger partial charge in [0, 0.05) is 20.2 Å². The Morgan fingerprint density at radius 2 is 1.78 bits per heavy atom. The number of aryl methyl sites for hydroxylation is 2. The molecule has 0 saturated heterocycles. The highest BCUT2D eigenvalue weighted by Crippen LogP contribution is 2.35. The van der Waals surface area contributed by atoms with Gasteiger partial charge in [0.25, 0.3) is 0 Å². The first-order valence-electron chi connectivity index (χ1n) is 12.0. The van der Waals surface area contributed by atoms with E-state index < -0.39 is 8.07 Å². The van der Waals surface area contributed by atoms with E-state index in [4.69, 9.17) is 25.8 Å². The van der Waals surface area contributed by atoms with Crippen LogP contribution in [-0.4, -0.2) is 25.6 Å². The number of esters is 1. The maximum atomic E-state index is 12.2. The molecule has 3 rings (SSSR count). The Morgan fingerprint density at radius 1 is 1.06 bits per heavy atom. The molecule has 0 aliphatic rings. The maximum absolute atomic E-state index is 12.2. The second kappa shape index (κ2) is 12.2. The van der Waals surface area contributed by atoms with Crippen LogP contribution >= 0.6 is 11.6 Å². The lowest BCUT2D eigenvalue weighted by Gasteiger charge is -2.15. The van der Waals surface area contributed by atoms with E-state index in [2.05, 4.69) is 43.7 Å². The summed E-state index contributed by atoms with van der Waals surface area (Å²) < 4.78 is 17.2. The summed E-state index contributed by atoms with van der Waals surface area (Å²) in [7, 11) is -1.25. The Bertz CT molecular complexity index is 1190. The van der Waals surface area contributed by atoms with Crippen LogP contribution in [0.5, 0.6) is 17.4 Å². The molecule has 0 saturated carbocycles. The van der Waals surface area contributed by atoms with Gasteiger partial charge < -0.3 is 14.2 Å². The molecule has 0 bridgehead atoms. The quantitative estimate of drug-likeness (QED) is 0.153. The molecular formula is C29H34ClNO4Si. The molecule has 0 atom stereocenters. The van der Waals surface area contributed by atoms with Gasteiger partial charge in [0.15, 0.2) is 5.75 Å². The molecule has 0 radical (unpaired) electrons. The average molecular weight is 524 g/mol. The van der Waals surface area contributed by atoms with Gasteiger partial charge in [-0.05, 0) is 67.3 Å². The molecule has 0 aliphatic carbocycles. The number of benzene rings is 2. The van der Waals surface area contributed by atoms with Crippen LogP contribution in [0.3, 0.4) is 0 Å². The van der Waals surface area contributed by atoms with Crippen molar-refractivity contribution < 1.29 is 19.0 Å². The first-order valence-corrected chi connectivity index (χ1v) is 16.1. The summed E-state index contributed by atoms with van der Waals surface area (Å²) in [5.41, 5.74) is 4.74. The molecule has 1 heterocycles. The van der Waals surface area contributed by atoms with Crippen molar-refractivity contribution in [1.29, 1.82) is 0 Å². The van der Waals surface area contributed by atoms with E-state index in [-0.39, 0.29) is 5.97 Å². The standard InChI is InChI=1S/C29H34ClNO4Si/c1-20-7-9-23(10-8-20)19-34-25-11-12-27(31-18-25)35-29-22(3)15-24(17-26(29)30)21(2)16-28(32)33-13-14-36(4,5)6/h7-12,15-18H,13-14,19H2,1-6H3. The lowest BCUT2D eigenvalue weighted by atomic mass is 10.0. The Hall–Kier alpha value is -3.09. The molecule has 1 aromatic heterocycles. The Kier molecular flexibility index (Phi) is 9.35. The zero-order valence-corrected chi connectivity index (χ0v) is 23.6. The molecule has 0 fully saturated rings. The topological polar surface area (TPSA) is 57.7 Å². The van der Waals surface area contributed by atoms with Gasteiger partial charge in [0.05, 0.1) is 17.8 Å². The molecule has 0 unspecified atom stereocenters. The summed E-state index contributed by atoms with van der Waals surface area (Å²) in [5, 5.41) is 0.436. The lowest BCUT2D eigenvalue weighted by Crippen LogP contribution is -2.22. The first kappa shape index (κ1) is 27.5. The van der Waals surface area contributed by atoms with Crippen molar-refractivity contribution in [2.45, 2.75) is 53.1 Å². The molecule has 2 aromatic carbocycles. The predicted octanol–water partition coefficient (Wildman–Crippen LogP) is 8.01. The number of hydrogen-bond acceptors (Lipinski definition) is 5. The number of pyridine rings is 1. The van der Waals surface area contributed by atoms with Crippen molar-refractivity contribution in [3.8, 4) is 17.4 Å². The van der Waals surface area contributed by atoms with Gasteiger partial charge in [0.2, 0.25) is 5.88 Å². The van der Waals surface area contributed by atoms with Gasteiger partial charge >= 0.3 is 5.97 Å². The fourth-order valence-corrected chi connectivity index (χ4v) is 4.34. The third-order valence-electron chi connectivity index (χ3n) is 5.56. The third kappa shape index (κ3) is 8.54. The van der Waals surface area contributed by atoms with Crippen LogP contribution in [0.15, 0.2) is 60.8 Å². The highest BCUT2D eigenvalue weighted by atomic mass is 35.5. The van der Waals surface area contributed by atoms with Gasteiger partial charge in [0.1, 0.15) is 12.4 Å². The van der Waals surface area contributed by atoms with Crippen molar-refractivity contribution in [3.05, 3.63) is 88.1 Å². The number of nitrogens with zero attached hydrogens (tertiary/aromatic N) is 1. The third-order valence-corrected chi connectivity index (χ3v) is 7.54. The minimum Gasteiger partial charge on any atom is -0.487 e. The Morgan fingerprint density at radius 3 is 2.39 bits per heavy atom. The predicted molar refractivity (Wildman–Crippen MR) is 149 cm³/mol. The Balaban J connectivity index is 1.62. The van der Waals surface area contributed by atoms with Crippen molar-refractivity contribution >= 4 is 31.2 Å². The number of allylic oxidation sites excluding steroid dienone is 1. The van der Waals surface area contributed by atoms with Crippen LogP contribution in [0, 0.1) is 13.8 Å². The van der Waals surface area contributed by atoms with Gasteiger partial charge in [-0.1, -0.05) is 61.1 Å². The van der Waals surface area contributed by atoms with E-state index in [1.165, 1.54) is 11.6 Å². The number of carbonyl (C=O) groups is 1. The number of carbonyl (C=O) groups excluding carboxylic acids is 1. The van der Waals surface area contributed by atoms with Crippen LogP contribution in [0.4, 0.5) is 0 Å². The molecule has 0 spiro atoms. The molecule has 190 valence electrons. The van der Waals surface area contributed by atoms with Crippen LogP contribution < -0.4 is 9.47 Å². The zero-order chi connectivity index (χ0) is 26.3. The summed E-state index contributed by atoms with van der Waals surface area (Å²) in [6, 6.07) is 16.4. The van der Waals surface area contributed by atoms with Gasteiger partial charge in [-0.25, -0.2) is 9.78 Å². The van der Waals surface area contributed by atoms with Crippen molar-refractivity contribution in [2.75, 3.05) is 6.61 Å². The normalized spacial score (nSPS) is 11.8. The van der Waals surface area contributed by atoms with Crippen molar-refractivity contribution in [2.24, 2.45) is 0 Å². The fraction of sp³-hybridized carbons (Fsp3) is 0.310. The van der Waals surface area contributed by atoms with Crippen LogP contribution in [0.1, 0.15) is 29.2 Å². The molecule has 5 nitrogen and oxygen atoms in total. The lowest BCUT2D eigenvalue weighted by molar-refractivity contribution is -0.137. The minimum atomic E-state index is -1.25. The fourth-order valence-electron chi connectivity index (χ4n) is 3.32. The summed E-state index contributed by atoms with van der Waals surface area (Å²) in [4.78, 5) is 16.5. The van der Waals surface area contributed by atoms with Crippen molar-refractivity contribution in [3.63, 3.8) is 0 Å². The second-order valence-corrected chi connectivity index (χ2v) is 16.1. The van der Waals surface area contributed by atoms with E-state index >= 15 is 0 Å². The Labute approximate surface area is 220 Å². The summed E-state index contributed by atoms with van der Waals surface area (Å²) in [6.07, 6.45) is 3.13. The van der Waals surface area contributed by atoms with Gasteiger partial charge in [-0.3, -0.25) is 0 Å². The van der Waals surface area contributed by atoms with Crippen LogP contribution in [-0.2, 0) is 16.1 Å². The van der Waals surface area contributed by atoms with E-state index in [1.54, 1.807) is 18.3 Å². The van der Waals surface area contributed by atoms with Crippen molar-refractivity contribution in [1.82, 2.24) is 4.98 Å². The molecule has 3 aromatic rings. The summed E-state index contributed by atoms with van der Waals surface area (Å²) >= 11 is 6.54. The monoisotopic (exact) mass is 523 g/mol. The minimum absolute atomic E-state index is 0.339. The highest BCUT2D eigenvalue weighted by molar-refractivity contribution is 6.76. The molecule has 36 heavy (non-hydrogen) atoms. The highest BCUT2D eigenvalue weighted by Gasteiger charge is 2.15. The van der Waals surface area contributed by atoms with E-state index in [9.17, 15) is 4.79 Å². The smallest absolute Gasteiger partial charge is 0.331 e. The first-order chi connectivity index (χ1) is 17.0. The maximum Gasteiger partial charge on any atom is 0.331 e. The van der Waals surface area contributed by atoms with Gasteiger partial charge in [-0.15, -0.1) is 0 Å². The van der Waals surface area contributed by atoms with E-state index in [0.717, 1.165) is 28.3 Å². The van der Waals surface area contributed by atoms with Gasteiger partial charge in [-0.2, -0.15) is 0 Å². The number of aromatic nitrogens is 1. The number of ether oxygens (including phenoxy) is 3. The number of hydrogen-bond donors (Lipinski definition) is 0. The second-order valence-electron chi connectivity index (χ2n) is 10.1. The van der Waals surface area contributed by atoms with E-state index in [0.29, 0.717) is 35.6 Å². The van der Waals surface area contributed by atoms with Crippen LogP contribution in [0.25, 0.3) is 5.57 Å². The molecule has 0 amide bonds.